The zero-order valence-corrected chi connectivity index (χ0v) is 15.5. The minimum absolute atomic E-state index is 0.0794. The summed E-state index contributed by atoms with van der Waals surface area (Å²) in [5.41, 5.74) is 5.17. The molecule has 0 atom stereocenters. The van der Waals surface area contributed by atoms with E-state index in [-0.39, 0.29) is 16.9 Å². The molecule has 0 aromatic heterocycles. The first-order chi connectivity index (χ1) is 10.6. The van der Waals surface area contributed by atoms with E-state index in [9.17, 15) is 8.42 Å². The summed E-state index contributed by atoms with van der Waals surface area (Å²) in [5, 5.41) is 0. The van der Waals surface area contributed by atoms with Gasteiger partial charge in [-0.2, -0.15) is 0 Å². The first-order valence-corrected chi connectivity index (χ1v) is 9.75. The van der Waals surface area contributed by atoms with Crippen LogP contribution in [0.4, 0.5) is 0 Å². The lowest BCUT2D eigenvalue weighted by Crippen LogP contribution is -2.12. The summed E-state index contributed by atoms with van der Waals surface area (Å²) in [6.07, 6.45) is 0. The van der Waals surface area contributed by atoms with Gasteiger partial charge in [-0.05, 0) is 41.5 Å². The van der Waals surface area contributed by atoms with E-state index in [0.717, 1.165) is 22.3 Å². The minimum atomic E-state index is -3.18. The van der Waals surface area contributed by atoms with Gasteiger partial charge in [0, 0.05) is 0 Å². The fraction of sp³-hybridized carbons (Fsp3) is 0.400. The van der Waals surface area contributed by atoms with E-state index >= 15 is 0 Å². The average molecular weight is 330 g/mol. The van der Waals surface area contributed by atoms with Gasteiger partial charge < -0.3 is 0 Å². The van der Waals surface area contributed by atoms with Crippen molar-refractivity contribution >= 4 is 9.84 Å². The monoisotopic (exact) mass is 330 g/mol. The van der Waals surface area contributed by atoms with Gasteiger partial charge in [-0.15, -0.1) is 0 Å². The van der Waals surface area contributed by atoms with E-state index in [4.69, 9.17) is 0 Å². The van der Waals surface area contributed by atoms with Gasteiger partial charge >= 0.3 is 0 Å². The zero-order chi connectivity index (χ0) is 17.3. The molecule has 0 aliphatic rings. The number of benzene rings is 2. The molecule has 23 heavy (non-hydrogen) atoms. The molecule has 3 heteroatoms. The van der Waals surface area contributed by atoms with Crippen LogP contribution < -0.4 is 0 Å². The second kappa shape index (κ2) is 6.48. The SMILES string of the molecule is Cc1ccc(C)c(CS(=O)(=O)Cc2ccc(C(C)(C)C)cc2)c1. The van der Waals surface area contributed by atoms with Gasteiger partial charge in [-0.25, -0.2) is 8.42 Å². The Morgan fingerprint density at radius 1 is 0.870 bits per heavy atom. The van der Waals surface area contributed by atoms with Crippen LogP contribution in [0, 0.1) is 13.8 Å². The zero-order valence-electron chi connectivity index (χ0n) is 14.7. The Bertz CT molecular complexity index is 779. The van der Waals surface area contributed by atoms with Gasteiger partial charge in [0.25, 0.3) is 0 Å². The summed E-state index contributed by atoms with van der Waals surface area (Å²) in [6.45, 7) is 10.4. The number of rotatable bonds is 4. The van der Waals surface area contributed by atoms with Crippen molar-refractivity contribution < 1.29 is 8.42 Å². The molecule has 0 unspecified atom stereocenters. The molecule has 0 saturated carbocycles. The Labute approximate surface area is 140 Å². The number of hydrogen-bond acceptors (Lipinski definition) is 2. The number of sulfone groups is 1. The minimum Gasteiger partial charge on any atom is -0.228 e. The summed E-state index contributed by atoms with van der Waals surface area (Å²) in [7, 11) is -3.18. The molecule has 0 aliphatic carbocycles. The predicted octanol–water partition coefficient (Wildman–Crippen LogP) is 4.72. The van der Waals surface area contributed by atoms with E-state index in [1.165, 1.54) is 5.56 Å². The third-order valence-electron chi connectivity index (χ3n) is 4.09. The van der Waals surface area contributed by atoms with Gasteiger partial charge in [0.05, 0.1) is 11.5 Å². The molecule has 2 aromatic carbocycles. The maximum atomic E-state index is 12.5. The molecule has 0 aliphatic heterocycles. The van der Waals surface area contributed by atoms with Gasteiger partial charge in [0.2, 0.25) is 0 Å². The molecule has 2 aromatic rings. The molecular weight excluding hydrogens is 304 g/mol. The Kier molecular flexibility index (Phi) is 5.00. The van der Waals surface area contributed by atoms with Crippen molar-refractivity contribution in [1.29, 1.82) is 0 Å². The number of aryl methyl sites for hydroxylation is 2. The third-order valence-corrected chi connectivity index (χ3v) is 5.61. The highest BCUT2D eigenvalue weighted by Crippen LogP contribution is 2.23. The quantitative estimate of drug-likeness (QED) is 0.813. The molecule has 0 spiro atoms. The van der Waals surface area contributed by atoms with Crippen LogP contribution >= 0.6 is 0 Å². The molecule has 0 amide bonds. The molecule has 0 radical (unpaired) electrons. The van der Waals surface area contributed by atoms with Crippen molar-refractivity contribution in [2.75, 3.05) is 0 Å². The van der Waals surface area contributed by atoms with Crippen LogP contribution in [0.2, 0.25) is 0 Å². The van der Waals surface area contributed by atoms with Crippen LogP contribution in [0.25, 0.3) is 0 Å². The lowest BCUT2D eigenvalue weighted by atomic mass is 9.87. The van der Waals surface area contributed by atoms with Crippen molar-refractivity contribution in [3.63, 3.8) is 0 Å². The van der Waals surface area contributed by atoms with Crippen molar-refractivity contribution in [2.45, 2.75) is 51.5 Å². The van der Waals surface area contributed by atoms with E-state index in [1.807, 2.05) is 56.3 Å². The van der Waals surface area contributed by atoms with Gasteiger partial charge in [0.15, 0.2) is 9.84 Å². The fourth-order valence-corrected chi connectivity index (χ4v) is 4.19. The molecule has 0 bridgehead atoms. The fourth-order valence-electron chi connectivity index (χ4n) is 2.60. The number of hydrogen-bond donors (Lipinski definition) is 0. The average Bonchev–Trinajstić information content (AvgIpc) is 2.41. The maximum Gasteiger partial charge on any atom is 0.158 e. The van der Waals surface area contributed by atoms with Crippen molar-refractivity contribution in [1.82, 2.24) is 0 Å². The van der Waals surface area contributed by atoms with Crippen molar-refractivity contribution in [3.8, 4) is 0 Å². The van der Waals surface area contributed by atoms with Crippen LogP contribution in [0.1, 0.15) is 48.6 Å². The first kappa shape index (κ1) is 17.7. The molecule has 0 saturated heterocycles. The molecule has 124 valence electrons. The van der Waals surface area contributed by atoms with Crippen LogP contribution in [-0.4, -0.2) is 8.42 Å². The second-order valence-electron chi connectivity index (χ2n) is 7.41. The summed E-state index contributed by atoms with van der Waals surface area (Å²) < 4.78 is 25.0. The lowest BCUT2D eigenvalue weighted by molar-refractivity contribution is 0.589. The molecule has 2 nitrogen and oxygen atoms in total. The Balaban J connectivity index is 2.16. The second-order valence-corrected chi connectivity index (χ2v) is 9.47. The van der Waals surface area contributed by atoms with Gasteiger partial charge in [0.1, 0.15) is 0 Å². The highest BCUT2D eigenvalue weighted by molar-refractivity contribution is 7.89. The van der Waals surface area contributed by atoms with Gasteiger partial charge in [-0.3, -0.25) is 0 Å². The van der Waals surface area contributed by atoms with Crippen molar-refractivity contribution in [3.05, 3.63) is 70.3 Å². The summed E-state index contributed by atoms with van der Waals surface area (Å²) in [4.78, 5) is 0. The van der Waals surface area contributed by atoms with E-state index < -0.39 is 9.84 Å². The molecule has 2 rings (SSSR count). The first-order valence-electron chi connectivity index (χ1n) is 7.93. The highest BCUT2D eigenvalue weighted by atomic mass is 32.2. The molecule has 0 fully saturated rings. The smallest absolute Gasteiger partial charge is 0.158 e. The standard InChI is InChI=1S/C20H26O2S/c1-15-6-7-16(2)18(12-15)14-23(21,22)13-17-8-10-19(11-9-17)20(3,4)5/h6-12H,13-14H2,1-5H3. The lowest BCUT2D eigenvalue weighted by Gasteiger charge is -2.19. The highest BCUT2D eigenvalue weighted by Gasteiger charge is 2.17. The maximum absolute atomic E-state index is 12.5. The topological polar surface area (TPSA) is 34.1 Å². The van der Waals surface area contributed by atoms with E-state index in [0.29, 0.717) is 0 Å². The Morgan fingerprint density at radius 3 is 2.04 bits per heavy atom. The van der Waals surface area contributed by atoms with Gasteiger partial charge in [-0.1, -0.05) is 68.8 Å². The summed E-state index contributed by atoms with van der Waals surface area (Å²) in [5.74, 6) is 0.187. The Morgan fingerprint density at radius 2 is 1.48 bits per heavy atom. The molecular formula is C20H26O2S. The van der Waals surface area contributed by atoms with Crippen LogP contribution in [0.5, 0.6) is 0 Å². The van der Waals surface area contributed by atoms with Crippen molar-refractivity contribution in [2.24, 2.45) is 0 Å². The predicted molar refractivity (Wildman–Crippen MR) is 97.4 cm³/mol. The normalized spacial score (nSPS) is 12.4. The molecule has 0 N–H and O–H groups in total. The molecule has 0 heterocycles. The Hall–Kier alpha value is -1.61. The third kappa shape index (κ3) is 4.93. The van der Waals surface area contributed by atoms with E-state index in [1.54, 1.807) is 0 Å². The summed E-state index contributed by atoms with van der Waals surface area (Å²) >= 11 is 0. The largest absolute Gasteiger partial charge is 0.228 e. The van der Waals surface area contributed by atoms with Crippen LogP contribution in [0.15, 0.2) is 42.5 Å². The van der Waals surface area contributed by atoms with Crippen LogP contribution in [0.3, 0.4) is 0 Å². The summed E-state index contributed by atoms with van der Waals surface area (Å²) in [6, 6.07) is 13.9. The van der Waals surface area contributed by atoms with E-state index in [2.05, 4.69) is 20.8 Å². The van der Waals surface area contributed by atoms with Crippen LogP contribution in [-0.2, 0) is 26.8 Å².